The van der Waals surface area contributed by atoms with E-state index in [4.69, 9.17) is 16.7 Å². The summed E-state index contributed by atoms with van der Waals surface area (Å²) < 4.78 is 22.7. The van der Waals surface area contributed by atoms with Gasteiger partial charge in [-0.2, -0.15) is 0 Å². The molecule has 0 aliphatic heterocycles. The third-order valence-electron chi connectivity index (χ3n) is 2.10. The van der Waals surface area contributed by atoms with Gasteiger partial charge in [0.05, 0.1) is 10.7 Å². The van der Waals surface area contributed by atoms with Crippen LogP contribution in [0.15, 0.2) is 17.0 Å². The van der Waals surface area contributed by atoms with Gasteiger partial charge in [0.25, 0.3) is 0 Å². The Hall–Kier alpha value is -1.51. The van der Waals surface area contributed by atoms with Gasteiger partial charge in [0.2, 0.25) is 10.0 Å². The van der Waals surface area contributed by atoms with Crippen LogP contribution in [0.2, 0.25) is 5.02 Å². The van der Waals surface area contributed by atoms with Crippen molar-refractivity contribution in [2.45, 2.75) is 31.2 Å². The minimum Gasteiger partial charge on any atom is -0.504 e. The van der Waals surface area contributed by atoms with Crippen molar-refractivity contribution in [1.82, 2.24) is 5.32 Å². The largest absolute Gasteiger partial charge is 0.504 e. The summed E-state index contributed by atoms with van der Waals surface area (Å²) in [6.07, 6.45) is 0. The zero-order valence-corrected chi connectivity index (χ0v) is 12.8. The molecular formula is C11H16ClN3O4S. The zero-order chi connectivity index (χ0) is 15.7. The van der Waals surface area contributed by atoms with Gasteiger partial charge >= 0.3 is 6.03 Å². The fourth-order valence-corrected chi connectivity index (χ4v) is 2.61. The lowest BCUT2D eigenvalue weighted by Crippen LogP contribution is -2.43. The molecule has 0 fully saturated rings. The van der Waals surface area contributed by atoms with E-state index in [1.807, 2.05) is 0 Å². The van der Waals surface area contributed by atoms with Crippen LogP contribution in [0, 0.1) is 0 Å². The number of nitrogens with two attached hydrogens (primary N) is 1. The summed E-state index contributed by atoms with van der Waals surface area (Å²) in [6, 6.07) is 1.89. The van der Waals surface area contributed by atoms with Gasteiger partial charge in [-0.3, -0.25) is 0 Å². The number of carbonyl (C=O) groups is 1. The number of hydrogen-bond acceptors (Lipinski definition) is 4. The predicted molar refractivity (Wildman–Crippen MR) is 76.4 cm³/mol. The summed E-state index contributed by atoms with van der Waals surface area (Å²) in [5.41, 5.74) is -0.602. The van der Waals surface area contributed by atoms with Crippen molar-refractivity contribution in [2.24, 2.45) is 5.14 Å². The Balaban J connectivity index is 3.14. The summed E-state index contributed by atoms with van der Waals surface area (Å²) in [4.78, 5) is 11.0. The quantitative estimate of drug-likeness (QED) is 0.618. The SMILES string of the molecule is CC(C)(C)NC(=O)Nc1ccc(Cl)c(S(N)(=O)=O)c1O. The van der Waals surface area contributed by atoms with Gasteiger partial charge in [0.15, 0.2) is 5.75 Å². The van der Waals surface area contributed by atoms with Crippen LogP contribution >= 0.6 is 11.6 Å². The summed E-state index contributed by atoms with van der Waals surface area (Å²) in [5, 5.41) is 19.5. The van der Waals surface area contributed by atoms with Gasteiger partial charge in [-0.25, -0.2) is 18.4 Å². The first-order valence-electron chi connectivity index (χ1n) is 5.55. The second kappa shape index (κ2) is 5.47. The molecule has 2 amide bonds. The molecule has 1 aromatic rings. The molecule has 0 aliphatic rings. The van der Waals surface area contributed by atoms with Crippen LogP contribution in [0.25, 0.3) is 0 Å². The highest BCUT2D eigenvalue weighted by Crippen LogP contribution is 2.35. The molecule has 0 saturated heterocycles. The smallest absolute Gasteiger partial charge is 0.319 e. The molecule has 20 heavy (non-hydrogen) atoms. The lowest BCUT2D eigenvalue weighted by atomic mass is 10.1. The summed E-state index contributed by atoms with van der Waals surface area (Å²) >= 11 is 5.68. The average molecular weight is 322 g/mol. The Morgan fingerprint density at radius 3 is 2.35 bits per heavy atom. The number of anilines is 1. The number of aromatic hydroxyl groups is 1. The van der Waals surface area contributed by atoms with Gasteiger partial charge in [0, 0.05) is 5.54 Å². The molecule has 0 atom stereocenters. The first-order valence-corrected chi connectivity index (χ1v) is 7.47. The van der Waals surface area contributed by atoms with Crippen molar-refractivity contribution in [3.63, 3.8) is 0 Å². The Morgan fingerprint density at radius 2 is 1.90 bits per heavy atom. The molecule has 1 aromatic carbocycles. The Morgan fingerprint density at radius 1 is 1.35 bits per heavy atom. The maximum Gasteiger partial charge on any atom is 0.319 e. The number of urea groups is 1. The maximum atomic E-state index is 11.7. The minimum atomic E-state index is -4.21. The van der Waals surface area contributed by atoms with E-state index in [-0.39, 0.29) is 10.7 Å². The van der Waals surface area contributed by atoms with Crippen LogP contribution < -0.4 is 15.8 Å². The predicted octanol–water partition coefficient (Wildman–Crippen LogP) is 1.61. The highest BCUT2D eigenvalue weighted by atomic mass is 35.5. The van der Waals surface area contributed by atoms with Gasteiger partial charge < -0.3 is 15.7 Å². The Labute approximate surface area is 122 Å². The number of carbonyl (C=O) groups excluding carboxylic acids is 1. The third-order valence-corrected chi connectivity index (χ3v) is 3.51. The van der Waals surface area contributed by atoms with Crippen LogP contribution in [0.4, 0.5) is 10.5 Å². The molecule has 0 aromatic heterocycles. The van der Waals surface area contributed by atoms with E-state index in [0.29, 0.717) is 0 Å². The molecule has 1 rings (SSSR count). The Kier molecular flexibility index (Phi) is 4.52. The van der Waals surface area contributed by atoms with Crippen LogP contribution in [0.1, 0.15) is 20.8 Å². The van der Waals surface area contributed by atoms with Gasteiger partial charge in [-0.1, -0.05) is 11.6 Å². The van der Waals surface area contributed by atoms with Crippen molar-refractivity contribution in [2.75, 3.05) is 5.32 Å². The lowest BCUT2D eigenvalue weighted by molar-refractivity contribution is 0.243. The van der Waals surface area contributed by atoms with Crippen molar-refractivity contribution < 1.29 is 18.3 Å². The number of rotatable bonds is 2. The second-order valence-corrected chi connectivity index (χ2v) is 7.05. The van der Waals surface area contributed by atoms with Gasteiger partial charge in [-0.05, 0) is 32.9 Å². The highest BCUT2D eigenvalue weighted by molar-refractivity contribution is 7.89. The summed E-state index contributed by atoms with van der Waals surface area (Å²) in [6.45, 7) is 5.30. The van der Waals surface area contributed by atoms with E-state index in [1.165, 1.54) is 12.1 Å². The fourth-order valence-electron chi connectivity index (χ4n) is 1.41. The number of sulfonamides is 1. The number of amides is 2. The molecule has 112 valence electrons. The van der Waals surface area contributed by atoms with Gasteiger partial charge in [-0.15, -0.1) is 0 Å². The normalized spacial score (nSPS) is 12.1. The maximum absolute atomic E-state index is 11.7. The number of primary sulfonamides is 1. The standard InChI is InChI=1S/C11H16ClN3O4S/c1-11(2,3)15-10(17)14-7-5-4-6(12)9(8(7)16)20(13,18)19/h4-5,16H,1-3H3,(H2,13,18,19)(H2,14,15,17). The van der Waals surface area contributed by atoms with E-state index in [9.17, 15) is 18.3 Å². The number of hydrogen-bond donors (Lipinski definition) is 4. The first kappa shape index (κ1) is 16.5. The highest BCUT2D eigenvalue weighted by Gasteiger charge is 2.22. The van der Waals surface area contributed by atoms with Crippen LogP contribution in [-0.4, -0.2) is 25.1 Å². The molecule has 0 radical (unpaired) electrons. The van der Waals surface area contributed by atoms with Crippen LogP contribution in [0.3, 0.4) is 0 Å². The van der Waals surface area contributed by atoms with Gasteiger partial charge in [0.1, 0.15) is 4.90 Å². The average Bonchev–Trinajstić information content (AvgIpc) is 2.17. The molecule has 0 spiro atoms. The van der Waals surface area contributed by atoms with E-state index < -0.39 is 32.2 Å². The zero-order valence-electron chi connectivity index (χ0n) is 11.2. The van der Waals surface area contributed by atoms with Crippen molar-refractivity contribution in [1.29, 1.82) is 0 Å². The van der Waals surface area contributed by atoms with E-state index in [1.54, 1.807) is 20.8 Å². The topological polar surface area (TPSA) is 122 Å². The number of nitrogens with one attached hydrogen (secondary N) is 2. The molecule has 0 saturated carbocycles. The van der Waals surface area contributed by atoms with E-state index in [0.717, 1.165) is 0 Å². The third kappa shape index (κ3) is 4.26. The van der Waals surface area contributed by atoms with Crippen molar-refractivity contribution in [3.05, 3.63) is 17.2 Å². The molecule has 0 aliphatic carbocycles. The number of halogens is 1. The van der Waals surface area contributed by atoms with Crippen molar-refractivity contribution in [3.8, 4) is 5.75 Å². The van der Waals surface area contributed by atoms with Crippen LogP contribution in [-0.2, 0) is 10.0 Å². The molecular weight excluding hydrogens is 306 g/mol. The number of phenols is 1. The molecule has 5 N–H and O–H groups in total. The molecule has 0 bridgehead atoms. The monoisotopic (exact) mass is 321 g/mol. The second-order valence-electron chi connectivity index (χ2n) is 5.15. The van der Waals surface area contributed by atoms with E-state index in [2.05, 4.69) is 10.6 Å². The molecule has 0 heterocycles. The Bertz CT molecular complexity index is 638. The van der Waals surface area contributed by atoms with Crippen LogP contribution in [0.5, 0.6) is 5.75 Å². The first-order chi connectivity index (χ1) is 8.92. The fraction of sp³-hybridized carbons (Fsp3) is 0.364. The van der Waals surface area contributed by atoms with Crippen molar-refractivity contribution >= 4 is 33.3 Å². The summed E-state index contributed by atoms with van der Waals surface area (Å²) in [5.74, 6) is -0.705. The molecule has 9 heteroatoms. The number of phenolic OH excluding ortho intramolecular Hbond substituents is 1. The minimum absolute atomic E-state index is 0.111. The van der Waals surface area contributed by atoms with E-state index >= 15 is 0 Å². The summed E-state index contributed by atoms with van der Waals surface area (Å²) in [7, 11) is -4.21. The lowest BCUT2D eigenvalue weighted by Gasteiger charge is -2.21. The number of benzene rings is 1. The molecule has 7 nitrogen and oxygen atoms in total. The molecule has 0 unspecified atom stereocenters.